The number of aryl methyl sites for hydroxylation is 1. The summed E-state index contributed by atoms with van der Waals surface area (Å²) in [6.45, 7) is 2.15. The van der Waals surface area contributed by atoms with Crippen molar-refractivity contribution in [2.24, 2.45) is 0 Å². The first kappa shape index (κ1) is 11.8. The second-order valence-corrected chi connectivity index (χ2v) is 3.36. The lowest BCUT2D eigenvalue weighted by atomic mass is 10.2. The number of pyridine rings is 1. The van der Waals surface area contributed by atoms with E-state index in [2.05, 4.69) is 4.98 Å². The highest BCUT2D eigenvalue weighted by Crippen LogP contribution is 2.15. The molecule has 1 rings (SSSR count). The van der Waals surface area contributed by atoms with E-state index < -0.39 is 0 Å². The van der Waals surface area contributed by atoms with Crippen LogP contribution in [0.25, 0.3) is 0 Å². The first-order valence-corrected chi connectivity index (χ1v) is 5.07. The molecule has 1 aromatic rings. The zero-order valence-corrected chi connectivity index (χ0v) is 9.25. The van der Waals surface area contributed by atoms with E-state index in [1.165, 1.54) is 0 Å². The summed E-state index contributed by atoms with van der Waals surface area (Å²) in [5, 5.41) is 0.378. The summed E-state index contributed by atoms with van der Waals surface area (Å²) in [4.78, 5) is 15.1. The molecule has 0 aromatic carbocycles. The van der Waals surface area contributed by atoms with Crippen LogP contribution < -0.4 is 5.73 Å². The summed E-state index contributed by atoms with van der Waals surface area (Å²) >= 11 is 5.71. The Labute approximate surface area is 93.4 Å². The predicted molar refractivity (Wildman–Crippen MR) is 58.6 cm³/mol. The van der Waals surface area contributed by atoms with Crippen molar-refractivity contribution in [2.75, 3.05) is 12.3 Å². The van der Waals surface area contributed by atoms with Gasteiger partial charge in [-0.2, -0.15) is 0 Å². The van der Waals surface area contributed by atoms with Crippen LogP contribution in [0.2, 0.25) is 5.15 Å². The first-order valence-electron chi connectivity index (χ1n) is 4.70. The van der Waals surface area contributed by atoms with Gasteiger partial charge < -0.3 is 10.5 Å². The number of nitrogens with zero attached hydrogens (tertiary/aromatic N) is 1. The lowest BCUT2D eigenvalue weighted by molar-refractivity contribution is -0.143. The molecule has 0 fully saturated rings. The van der Waals surface area contributed by atoms with Crippen LogP contribution in [-0.4, -0.2) is 17.6 Å². The molecule has 82 valence electrons. The van der Waals surface area contributed by atoms with E-state index in [1.54, 1.807) is 19.1 Å². The number of hydrogen-bond acceptors (Lipinski definition) is 4. The van der Waals surface area contributed by atoms with Crippen molar-refractivity contribution in [1.82, 2.24) is 4.98 Å². The molecule has 0 saturated carbocycles. The third-order valence-corrected chi connectivity index (χ3v) is 2.06. The molecule has 0 bridgehead atoms. The third-order valence-electron chi connectivity index (χ3n) is 1.85. The molecule has 1 aromatic heterocycles. The van der Waals surface area contributed by atoms with Gasteiger partial charge in [0, 0.05) is 6.42 Å². The van der Waals surface area contributed by atoms with Crippen LogP contribution in [0, 0.1) is 0 Å². The predicted octanol–water partition coefficient (Wildman–Crippen LogP) is 1.81. The molecule has 5 heteroatoms. The fraction of sp³-hybridized carbons (Fsp3) is 0.400. The average molecular weight is 229 g/mol. The van der Waals surface area contributed by atoms with E-state index in [-0.39, 0.29) is 12.4 Å². The van der Waals surface area contributed by atoms with Crippen LogP contribution in [0.15, 0.2) is 12.1 Å². The van der Waals surface area contributed by atoms with E-state index in [1.807, 2.05) is 0 Å². The number of carbonyl (C=O) groups is 1. The zero-order valence-electron chi connectivity index (χ0n) is 8.50. The second kappa shape index (κ2) is 5.56. The summed E-state index contributed by atoms with van der Waals surface area (Å²) in [5.41, 5.74) is 6.86. The van der Waals surface area contributed by atoms with E-state index in [0.717, 1.165) is 0 Å². The van der Waals surface area contributed by atoms with Crippen LogP contribution in [0.5, 0.6) is 0 Å². The average Bonchev–Trinajstić information content (AvgIpc) is 2.20. The van der Waals surface area contributed by atoms with Gasteiger partial charge in [-0.1, -0.05) is 11.6 Å². The van der Waals surface area contributed by atoms with Crippen molar-refractivity contribution in [3.05, 3.63) is 23.0 Å². The lowest BCUT2D eigenvalue weighted by Crippen LogP contribution is -2.07. The van der Waals surface area contributed by atoms with Crippen LogP contribution in [-0.2, 0) is 16.0 Å². The van der Waals surface area contributed by atoms with Crippen molar-refractivity contribution in [3.63, 3.8) is 0 Å². The zero-order chi connectivity index (χ0) is 11.3. The minimum absolute atomic E-state index is 0.251. The van der Waals surface area contributed by atoms with Crippen LogP contribution in [0.3, 0.4) is 0 Å². The SMILES string of the molecule is CCOC(=O)CCc1nc(Cl)ccc1N. The Morgan fingerprint density at radius 3 is 3.00 bits per heavy atom. The molecule has 0 aliphatic heterocycles. The largest absolute Gasteiger partial charge is 0.466 e. The maximum atomic E-state index is 11.1. The fourth-order valence-electron chi connectivity index (χ4n) is 1.14. The Bertz CT molecular complexity index is 355. The van der Waals surface area contributed by atoms with Gasteiger partial charge in [0.05, 0.1) is 24.4 Å². The maximum Gasteiger partial charge on any atom is 0.306 e. The molecule has 4 nitrogen and oxygen atoms in total. The minimum Gasteiger partial charge on any atom is -0.466 e. The Morgan fingerprint density at radius 2 is 2.33 bits per heavy atom. The molecular weight excluding hydrogens is 216 g/mol. The van der Waals surface area contributed by atoms with Gasteiger partial charge in [-0.3, -0.25) is 4.79 Å². The summed E-state index contributed by atoms with van der Waals surface area (Å²) in [6, 6.07) is 3.29. The number of nitrogens with two attached hydrogens (primary N) is 1. The van der Waals surface area contributed by atoms with Gasteiger partial charge in [0.2, 0.25) is 0 Å². The number of esters is 1. The fourth-order valence-corrected chi connectivity index (χ4v) is 1.30. The molecule has 15 heavy (non-hydrogen) atoms. The second-order valence-electron chi connectivity index (χ2n) is 2.97. The smallest absolute Gasteiger partial charge is 0.306 e. The molecule has 0 radical (unpaired) electrons. The summed E-state index contributed by atoms with van der Waals surface area (Å²) < 4.78 is 4.79. The first-order chi connectivity index (χ1) is 7.13. The number of hydrogen-bond donors (Lipinski definition) is 1. The number of aromatic nitrogens is 1. The van der Waals surface area contributed by atoms with Crippen molar-refractivity contribution < 1.29 is 9.53 Å². The molecule has 0 aliphatic rings. The highest BCUT2D eigenvalue weighted by molar-refractivity contribution is 6.29. The van der Waals surface area contributed by atoms with Gasteiger partial charge in [0.15, 0.2) is 0 Å². The third kappa shape index (κ3) is 3.75. The topological polar surface area (TPSA) is 65.2 Å². The van der Waals surface area contributed by atoms with Crippen molar-refractivity contribution in [1.29, 1.82) is 0 Å². The maximum absolute atomic E-state index is 11.1. The van der Waals surface area contributed by atoms with Gasteiger partial charge in [-0.25, -0.2) is 4.98 Å². The molecule has 0 spiro atoms. The Kier molecular flexibility index (Phi) is 4.37. The summed E-state index contributed by atoms with van der Waals surface area (Å²) in [5.74, 6) is -0.251. The monoisotopic (exact) mass is 228 g/mol. The van der Waals surface area contributed by atoms with Crippen molar-refractivity contribution in [2.45, 2.75) is 19.8 Å². The highest BCUT2D eigenvalue weighted by atomic mass is 35.5. The molecule has 0 unspecified atom stereocenters. The summed E-state index contributed by atoms with van der Waals surface area (Å²) in [7, 11) is 0. The van der Waals surface area contributed by atoms with E-state index in [9.17, 15) is 4.79 Å². The normalized spacial score (nSPS) is 10.0. The van der Waals surface area contributed by atoms with E-state index >= 15 is 0 Å². The Morgan fingerprint density at radius 1 is 1.60 bits per heavy atom. The Balaban J connectivity index is 2.57. The molecule has 1 heterocycles. The lowest BCUT2D eigenvalue weighted by Gasteiger charge is -2.04. The Hall–Kier alpha value is -1.29. The quantitative estimate of drug-likeness (QED) is 0.631. The van der Waals surface area contributed by atoms with E-state index in [4.69, 9.17) is 22.1 Å². The number of nitrogen functional groups attached to an aromatic ring is 1. The molecule has 0 aliphatic carbocycles. The molecular formula is C10H13ClN2O2. The number of anilines is 1. The van der Waals surface area contributed by atoms with Gasteiger partial charge in [-0.15, -0.1) is 0 Å². The van der Waals surface area contributed by atoms with Gasteiger partial charge in [0.25, 0.3) is 0 Å². The molecule has 2 N–H and O–H groups in total. The van der Waals surface area contributed by atoms with E-state index in [0.29, 0.717) is 29.6 Å². The number of rotatable bonds is 4. The standard InChI is InChI=1S/C10H13ClN2O2/c1-2-15-10(14)6-4-8-7(12)3-5-9(11)13-8/h3,5H,2,4,6,12H2,1H3. The minimum atomic E-state index is -0.251. The van der Waals surface area contributed by atoms with Crippen molar-refractivity contribution >= 4 is 23.3 Å². The van der Waals surface area contributed by atoms with Crippen molar-refractivity contribution in [3.8, 4) is 0 Å². The van der Waals surface area contributed by atoms with Crippen LogP contribution in [0.1, 0.15) is 19.0 Å². The molecule has 0 saturated heterocycles. The number of halogens is 1. The summed E-state index contributed by atoms with van der Waals surface area (Å²) in [6.07, 6.45) is 0.719. The number of ether oxygens (including phenoxy) is 1. The van der Waals surface area contributed by atoms with Crippen LogP contribution in [0.4, 0.5) is 5.69 Å². The van der Waals surface area contributed by atoms with Gasteiger partial charge >= 0.3 is 5.97 Å². The van der Waals surface area contributed by atoms with Gasteiger partial charge in [-0.05, 0) is 19.1 Å². The number of carbonyl (C=O) groups excluding carboxylic acids is 1. The van der Waals surface area contributed by atoms with Gasteiger partial charge in [0.1, 0.15) is 5.15 Å². The molecule has 0 amide bonds. The molecule has 0 atom stereocenters. The van der Waals surface area contributed by atoms with Crippen LogP contribution >= 0.6 is 11.6 Å². The highest BCUT2D eigenvalue weighted by Gasteiger charge is 2.06.